The molecule has 0 unspecified atom stereocenters. The molecule has 0 amide bonds. The van der Waals surface area contributed by atoms with Crippen molar-refractivity contribution in [3.8, 4) is 0 Å². The van der Waals surface area contributed by atoms with Crippen molar-refractivity contribution in [2.24, 2.45) is 0 Å². The molecule has 0 saturated heterocycles. The second kappa shape index (κ2) is 11.1. The van der Waals surface area contributed by atoms with Gasteiger partial charge >= 0.3 is 12.1 Å². The number of aliphatic carboxylic acids is 1. The second-order valence-electron chi connectivity index (χ2n) is 9.23. The predicted octanol–water partition coefficient (Wildman–Crippen LogP) is 6.34. The summed E-state index contributed by atoms with van der Waals surface area (Å²) < 4.78 is 31.7. The second-order valence-corrected chi connectivity index (χ2v) is 9.23. The Balaban J connectivity index is 0.000000429. The van der Waals surface area contributed by atoms with E-state index in [-0.39, 0.29) is 0 Å². The van der Waals surface area contributed by atoms with E-state index < -0.39 is 12.1 Å². The zero-order valence-corrected chi connectivity index (χ0v) is 20.7. The molecule has 1 aromatic carbocycles. The molecule has 2 aliphatic rings. The van der Waals surface area contributed by atoms with Gasteiger partial charge in [0.15, 0.2) is 0 Å². The highest BCUT2D eigenvalue weighted by Crippen LogP contribution is 2.32. The molecule has 1 aliphatic carbocycles. The fraction of sp³-hybridized carbons (Fsp3) is 0.500. The van der Waals surface area contributed by atoms with Gasteiger partial charge in [0.25, 0.3) is 0 Å². The van der Waals surface area contributed by atoms with Crippen LogP contribution >= 0.6 is 0 Å². The van der Waals surface area contributed by atoms with Gasteiger partial charge in [-0.05, 0) is 77.3 Å². The summed E-state index contributed by atoms with van der Waals surface area (Å²) in [5.41, 5.74) is 8.95. The first-order valence-electron chi connectivity index (χ1n) is 11.9. The minimum atomic E-state index is -5.08. The van der Waals surface area contributed by atoms with Crippen LogP contribution in [0.15, 0.2) is 23.8 Å². The summed E-state index contributed by atoms with van der Waals surface area (Å²) in [5.74, 6) is -0.906. The molecule has 0 saturated carbocycles. The van der Waals surface area contributed by atoms with Gasteiger partial charge in [-0.2, -0.15) is 18.2 Å². The number of hydrogen-bond donors (Lipinski definition) is 2. The van der Waals surface area contributed by atoms with Crippen molar-refractivity contribution in [2.45, 2.75) is 72.4 Å². The molecule has 2 heterocycles. The lowest BCUT2D eigenvalue weighted by atomic mass is 9.97. The van der Waals surface area contributed by atoms with Gasteiger partial charge in [-0.3, -0.25) is 0 Å². The zero-order chi connectivity index (χ0) is 25.8. The van der Waals surface area contributed by atoms with Crippen molar-refractivity contribution in [3.05, 3.63) is 51.7 Å². The highest BCUT2D eigenvalue weighted by molar-refractivity contribution is 5.73. The number of fused-ring (bicyclic) bond motifs is 1. The highest BCUT2D eigenvalue weighted by Gasteiger charge is 2.38. The first-order valence-corrected chi connectivity index (χ1v) is 11.9. The van der Waals surface area contributed by atoms with Crippen molar-refractivity contribution < 1.29 is 23.1 Å². The van der Waals surface area contributed by atoms with E-state index in [1.165, 1.54) is 54.4 Å². The van der Waals surface area contributed by atoms with E-state index in [1.54, 1.807) is 5.57 Å². The molecule has 2 N–H and O–H groups in total. The molecule has 190 valence electrons. The summed E-state index contributed by atoms with van der Waals surface area (Å²) in [7, 11) is 0. The van der Waals surface area contributed by atoms with Crippen LogP contribution in [0.3, 0.4) is 0 Å². The molecule has 0 bridgehead atoms. The van der Waals surface area contributed by atoms with Crippen LogP contribution in [0.1, 0.15) is 60.1 Å². The number of aryl methyl sites for hydroxylation is 4. The third-order valence-corrected chi connectivity index (χ3v) is 6.37. The molecular weight excluding hydrogens is 457 g/mol. The summed E-state index contributed by atoms with van der Waals surface area (Å²) in [6.45, 7) is 10.7. The molecule has 2 aromatic rings. The van der Waals surface area contributed by atoms with Gasteiger partial charge in [0, 0.05) is 30.0 Å². The molecule has 6 nitrogen and oxygen atoms in total. The summed E-state index contributed by atoms with van der Waals surface area (Å²) in [6, 6.07) is 4.42. The van der Waals surface area contributed by atoms with E-state index in [9.17, 15) is 13.2 Å². The fourth-order valence-corrected chi connectivity index (χ4v) is 4.66. The number of hydrogen-bond acceptors (Lipinski definition) is 5. The average molecular weight is 491 g/mol. The van der Waals surface area contributed by atoms with Crippen molar-refractivity contribution >= 4 is 23.4 Å². The molecule has 4 rings (SSSR count). The number of benzene rings is 1. The first kappa shape index (κ1) is 26.5. The Kier molecular flexibility index (Phi) is 8.40. The Morgan fingerprint density at radius 1 is 1.09 bits per heavy atom. The molecule has 0 atom stereocenters. The molecule has 35 heavy (non-hydrogen) atoms. The quantitative estimate of drug-likeness (QED) is 0.476. The van der Waals surface area contributed by atoms with Gasteiger partial charge in [0.1, 0.15) is 5.82 Å². The molecular formula is C26H33F3N4O2. The number of anilines is 3. The number of carbonyl (C=O) groups is 1. The number of halogens is 3. The summed E-state index contributed by atoms with van der Waals surface area (Å²) in [6.07, 6.45) is 4.85. The number of carboxylic acids is 1. The van der Waals surface area contributed by atoms with E-state index >= 15 is 0 Å². The Morgan fingerprint density at radius 2 is 1.74 bits per heavy atom. The molecule has 1 aliphatic heterocycles. The molecule has 0 fully saturated rings. The smallest absolute Gasteiger partial charge is 0.475 e. The normalized spacial score (nSPS) is 15.2. The third kappa shape index (κ3) is 6.96. The number of rotatable bonds is 5. The van der Waals surface area contributed by atoms with Crippen LogP contribution in [0.25, 0.3) is 0 Å². The molecule has 0 radical (unpaired) electrons. The number of carboxylic acid groups (broad SMARTS) is 1. The van der Waals surface area contributed by atoms with Crippen molar-refractivity contribution in [1.29, 1.82) is 0 Å². The van der Waals surface area contributed by atoms with Crippen LogP contribution in [0, 0.1) is 27.7 Å². The van der Waals surface area contributed by atoms with E-state index in [4.69, 9.17) is 19.9 Å². The highest BCUT2D eigenvalue weighted by atomic mass is 19.4. The Labute approximate surface area is 204 Å². The zero-order valence-electron chi connectivity index (χ0n) is 20.7. The lowest BCUT2D eigenvalue weighted by Gasteiger charge is -2.21. The van der Waals surface area contributed by atoms with Crippen LogP contribution in [-0.2, 0) is 11.2 Å². The van der Waals surface area contributed by atoms with Gasteiger partial charge in [-0.25, -0.2) is 9.78 Å². The van der Waals surface area contributed by atoms with E-state index in [0.29, 0.717) is 0 Å². The lowest BCUT2D eigenvalue weighted by molar-refractivity contribution is -0.192. The van der Waals surface area contributed by atoms with Gasteiger partial charge < -0.3 is 15.3 Å². The molecule has 0 spiro atoms. The van der Waals surface area contributed by atoms with Gasteiger partial charge in [0.2, 0.25) is 5.95 Å². The minimum Gasteiger partial charge on any atom is -0.475 e. The molecule has 1 aromatic heterocycles. The number of alkyl halides is 3. The van der Waals surface area contributed by atoms with Gasteiger partial charge in [-0.15, -0.1) is 0 Å². The third-order valence-electron chi connectivity index (χ3n) is 6.37. The van der Waals surface area contributed by atoms with Crippen molar-refractivity contribution in [1.82, 2.24) is 9.97 Å². The van der Waals surface area contributed by atoms with Crippen LogP contribution in [0.2, 0.25) is 0 Å². The largest absolute Gasteiger partial charge is 0.490 e. The number of nitrogens with one attached hydrogen (secondary N) is 1. The van der Waals surface area contributed by atoms with E-state index in [0.717, 1.165) is 42.7 Å². The first-order chi connectivity index (χ1) is 16.5. The van der Waals surface area contributed by atoms with Gasteiger partial charge in [0.05, 0.1) is 0 Å². The van der Waals surface area contributed by atoms with E-state index in [2.05, 4.69) is 56.1 Å². The summed E-state index contributed by atoms with van der Waals surface area (Å²) >= 11 is 0. The van der Waals surface area contributed by atoms with Crippen LogP contribution in [0.5, 0.6) is 0 Å². The van der Waals surface area contributed by atoms with E-state index in [1.807, 2.05) is 0 Å². The topological polar surface area (TPSA) is 78.4 Å². The lowest BCUT2D eigenvalue weighted by Crippen LogP contribution is -2.23. The van der Waals surface area contributed by atoms with Crippen LogP contribution in [0.4, 0.5) is 30.6 Å². The monoisotopic (exact) mass is 490 g/mol. The maximum absolute atomic E-state index is 10.6. The van der Waals surface area contributed by atoms with Crippen molar-refractivity contribution in [2.75, 3.05) is 23.3 Å². The minimum absolute atomic E-state index is 0.718. The Hall–Kier alpha value is -3.10. The number of nitrogens with zero attached hydrogens (tertiary/aromatic N) is 3. The Bertz CT molecular complexity index is 1090. The number of allylic oxidation sites excluding steroid dienone is 1. The fourth-order valence-electron chi connectivity index (χ4n) is 4.66. The SMILES string of the molecule is Cc1cc(C)c(Nc2nc(C)c3c(n2)N(CCC2=CCCCC2)CC3)c(C)c1.O=C(O)C(F)(F)F. The predicted molar refractivity (Wildman–Crippen MR) is 131 cm³/mol. The molecule has 9 heteroatoms. The average Bonchev–Trinajstić information content (AvgIpc) is 3.19. The Morgan fingerprint density at radius 3 is 2.31 bits per heavy atom. The standard InChI is InChI=1S/C24H32N4.C2HF3O2/c1-16-14-17(2)22(18(3)15-16)26-24-25-19(4)21-11-13-28(23(21)27-24)12-10-20-8-6-5-7-9-20;3-2(4,5)1(6)7/h8,14-15H,5-7,9-13H2,1-4H3,(H,25,26,27);(H,6,7). The van der Waals surface area contributed by atoms with Gasteiger partial charge in [-0.1, -0.05) is 29.3 Å². The summed E-state index contributed by atoms with van der Waals surface area (Å²) in [4.78, 5) is 21.1. The van der Waals surface area contributed by atoms with Crippen LogP contribution in [-0.4, -0.2) is 40.3 Å². The maximum Gasteiger partial charge on any atom is 0.490 e. The summed E-state index contributed by atoms with van der Waals surface area (Å²) in [5, 5.41) is 10.6. The number of aromatic nitrogens is 2. The van der Waals surface area contributed by atoms with Crippen LogP contribution < -0.4 is 10.2 Å². The maximum atomic E-state index is 10.6. The van der Waals surface area contributed by atoms with Crippen molar-refractivity contribution in [3.63, 3.8) is 0 Å².